The predicted octanol–water partition coefficient (Wildman–Crippen LogP) is 3.51. The summed E-state index contributed by atoms with van der Waals surface area (Å²) >= 11 is 0. The van der Waals surface area contributed by atoms with Gasteiger partial charge in [-0.2, -0.15) is 0 Å². The first-order chi connectivity index (χ1) is 7.18. The third-order valence-corrected chi connectivity index (χ3v) is 3.18. The first kappa shape index (κ1) is 8.78. The van der Waals surface area contributed by atoms with Gasteiger partial charge in [0.15, 0.2) is 0 Å². The Bertz CT molecular complexity index is 521. The van der Waals surface area contributed by atoms with Crippen LogP contribution in [-0.2, 0) is 5.41 Å². The maximum atomic E-state index is 5.81. The van der Waals surface area contributed by atoms with Crippen LogP contribution in [0.5, 0.6) is 5.75 Å². The van der Waals surface area contributed by atoms with Crippen LogP contribution < -0.4 is 4.74 Å². The van der Waals surface area contributed by atoms with Gasteiger partial charge in [0.2, 0.25) is 0 Å². The summed E-state index contributed by atoms with van der Waals surface area (Å²) in [6, 6.07) is 12.8. The van der Waals surface area contributed by atoms with Crippen molar-refractivity contribution < 1.29 is 4.74 Å². The van der Waals surface area contributed by atoms with Crippen molar-refractivity contribution in [3.63, 3.8) is 0 Å². The fourth-order valence-electron chi connectivity index (χ4n) is 2.33. The molecule has 0 saturated carbocycles. The van der Waals surface area contributed by atoms with Gasteiger partial charge in [0.25, 0.3) is 0 Å². The van der Waals surface area contributed by atoms with E-state index >= 15 is 0 Å². The largest absolute Gasteiger partial charge is 0.492 e. The van der Waals surface area contributed by atoms with E-state index in [1.807, 2.05) is 0 Å². The molecule has 0 aliphatic carbocycles. The van der Waals surface area contributed by atoms with Gasteiger partial charge in [0.1, 0.15) is 5.75 Å². The highest BCUT2D eigenvalue weighted by atomic mass is 16.5. The van der Waals surface area contributed by atoms with E-state index in [9.17, 15) is 0 Å². The molecule has 2 aromatic rings. The van der Waals surface area contributed by atoms with E-state index in [0.29, 0.717) is 0 Å². The van der Waals surface area contributed by atoms with Crippen molar-refractivity contribution in [2.45, 2.75) is 19.3 Å². The number of rotatable bonds is 0. The molecule has 0 amide bonds. The molecule has 1 aliphatic heterocycles. The molecular weight excluding hydrogens is 184 g/mol. The lowest BCUT2D eigenvalue weighted by Gasteiger charge is -2.32. The highest BCUT2D eigenvalue weighted by Crippen LogP contribution is 2.40. The molecule has 1 nitrogen and oxygen atoms in total. The lowest BCUT2D eigenvalue weighted by molar-refractivity contribution is 0.234. The zero-order chi connectivity index (χ0) is 10.5. The summed E-state index contributed by atoms with van der Waals surface area (Å²) in [6.45, 7) is 5.23. The SMILES string of the molecule is CC1(C)COc2cccc3cccc1c23. The molecule has 76 valence electrons. The average Bonchev–Trinajstić information content (AvgIpc) is 2.24. The van der Waals surface area contributed by atoms with Crippen LogP contribution in [0.1, 0.15) is 19.4 Å². The zero-order valence-corrected chi connectivity index (χ0v) is 9.08. The molecule has 0 aromatic heterocycles. The van der Waals surface area contributed by atoms with Crippen LogP contribution in [0.2, 0.25) is 0 Å². The minimum absolute atomic E-state index is 0.119. The molecule has 2 aromatic carbocycles. The zero-order valence-electron chi connectivity index (χ0n) is 9.08. The monoisotopic (exact) mass is 198 g/mol. The summed E-state index contributed by atoms with van der Waals surface area (Å²) in [4.78, 5) is 0. The van der Waals surface area contributed by atoms with Gasteiger partial charge in [-0.3, -0.25) is 0 Å². The molecule has 3 rings (SSSR count). The first-order valence-corrected chi connectivity index (χ1v) is 5.33. The van der Waals surface area contributed by atoms with E-state index in [0.717, 1.165) is 12.4 Å². The van der Waals surface area contributed by atoms with Crippen LogP contribution in [0.15, 0.2) is 36.4 Å². The summed E-state index contributed by atoms with van der Waals surface area (Å²) < 4.78 is 5.81. The number of benzene rings is 2. The van der Waals surface area contributed by atoms with Gasteiger partial charge in [0, 0.05) is 10.8 Å². The van der Waals surface area contributed by atoms with Gasteiger partial charge in [-0.05, 0) is 17.0 Å². The van der Waals surface area contributed by atoms with E-state index in [1.165, 1.54) is 16.3 Å². The van der Waals surface area contributed by atoms with Gasteiger partial charge in [-0.25, -0.2) is 0 Å². The summed E-state index contributed by atoms with van der Waals surface area (Å²) in [5.41, 5.74) is 1.52. The summed E-state index contributed by atoms with van der Waals surface area (Å²) in [5.74, 6) is 1.03. The maximum Gasteiger partial charge on any atom is 0.127 e. The molecule has 0 fully saturated rings. The van der Waals surface area contributed by atoms with Gasteiger partial charge in [0.05, 0.1) is 6.61 Å². The average molecular weight is 198 g/mol. The number of hydrogen-bond acceptors (Lipinski definition) is 1. The molecule has 0 atom stereocenters. The summed E-state index contributed by atoms with van der Waals surface area (Å²) in [6.07, 6.45) is 0. The molecule has 0 N–H and O–H groups in total. The molecule has 0 saturated heterocycles. The Labute approximate surface area is 89.7 Å². The molecule has 1 heteroatoms. The standard InChI is InChI=1S/C14H14O/c1-14(2)9-15-12-8-4-6-10-5-3-7-11(14)13(10)12/h3-8H,9H2,1-2H3. The molecular formula is C14H14O. The lowest BCUT2D eigenvalue weighted by atomic mass is 9.81. The lowest BCUT2D eigenvalue weighted by Crippen LogP contribution is -2.29. The minimum Gasteiger partial charge on any atom is -0.492 e. The second-order valence-electron chi connectivity index (χ2n) is 4.83. The Morgan fingerprint density at radius 2 is 1.80 bits per heavy atom. The highest BCUT2D eigenvalue weighted by Gasteiger charge is 2.29. The third-order valence-electron chi connectivity index (χ3n) is 3.18. The van der Waals surface area contributed by atoms with Gasteiger partial charge < -0.3 is 4.74 Å². The Morgan fingerprint density at radius 3 is 2.60 bits per heavy atom. The molecule has 1 aliphatic rings. The normalized spacial score (nSPS) is 17.5. The number of hydrogen-bond donors (Lipinski definition) is 0. The quantitative estimate of drug-likeness (QED) is 0.629. The predicted molar refractivity (Wildman–Crippen MR) is 62.5 cm³/mol. The van der Waals surface area contributed by atoms with Crippen molar-refractivity contribution in [3.05, 3.63) is 42.0 Å². The van der Waals surface area contributed by atoms with Gasteiger partial charge in [-0.1, -0.05) is 44.2 Å². The first-order valence-electron chi connectivity index (χ1n) is 5.33. The van der Waals surface area contributed by atoms with E-state index in [-0.39, 0.29) is 5.41 Å². The molecule has 0 radical (unpaired) electrons. The van der Waals surface area contributed by atoms with Crippen LogP contribution in [-0.4, -0.2) is 6.61 Å². The summed E-state index contributed by atoms with van der Waals surface area (Å²) in [7, 11) is 0. The topological polar surface area (TPSA) is 9.23 Å². The van der Waals surface area contributed by atoms with Crippen LogP contribution >= 0.6 is 0 Å². The van der Waals surface area contributed by atoms with Gasteiger partial charge in [-0.15, -0.1) is 0 Å². The van der Waals surface area contributed by atoms with E-state index in [1.54, 1.807) is 0 Å². The Balaban J connectivity index is 2.47. The third kappa shape index (κ3) is 1.16. The van der Waals surface area contributed by atoms with E-state index in [2.05, 4.69) is 50.2 Å². The van der Waals surface area contributed by atoms with Crippen LogP contribution in [0.4, 0.5) is 0 Å². The molecule has 0 spiro atoms. The fraction of sp³-hybridized carbons (Fsp3) is 0.286. The van der Waals surface area contributed by atoms with Crippen molar-refractivity contribution in [1.82, 2.24) is 0 Å². The van der Waals surface area contributed by atoms with Crippen molar-refractivity contribution in [1.29, 1.82) is 0 Å². The molecule has 0 bridgehead atoms. The van der Waals surface area contributed by atoms with Crippen molar-refractivity contribution in [2.75, 3.05) is 6.61 Å². The maximum absolute atomic E-state index is 5.81. The van der Waals surface area contributed by atoms with E-state index in [4.69, 9.17) is 4.74 Å². The van der Waals surface area contributed by atoms with E-state index < -0.39 is 0 Å². The fourth-order valence-corrected chi connectivity index (χ4v) is 2.33. The molecule has 0 unspecified atom stereocenters. The van der Waals surface area contributed by atoms with Gasteiger partial charge >= 0.3 is 0 Å². The molecule has 1 heterocycles. The van der Waals surface area contributed by atoms with Crippen LogP contribution in [0.3, 0.4) is 0 Å². The second kappa shape index (κ2) is 2.75. The minimum atomic E-state index is 0.119. The smallest absolute Gasteiger partial charge is 0.127 e. The van der Waals surface area contributed by atoms with Crippen LogP contribution in [0, 0.1) is 0 Å². The Hall–Kier alpha value is -1.50. The number of ether oxygens (including phenoxy) is 1. The Morgan fingerprint density at radius 1 is 1.07 bits per heavy atom. The molecule has 15 heavy (non-hydrogen) atoms. The van der Waals surface area contributed by atoms with Crippen molar-refractivity contribution >= 4 is 10.8 Å². The van der Waals surface area contributed by atoms with Crippen molar-refractivity contribution in [2.24, 2.45) is 0 Å². The summed E-state index contributed by atoms with van der Waals surface area (Å²) in [5, 5.41) is 2.56. The van der Waals surface area contributed by atoms with Crippen molar-refractivity contribution in [3.8, 4) is 5.75 Å². The second-order valence-corrected chi connectivity index (χ2v) is 4.83. The highest BCUT2D eigenvalue weighted by molar-refractivity contribution is 5.92. The van der Waals surface area contributed by atoms with Crippen LogP contribution in [0.25, 0.3) is 10.8 Å². The Kier molecular flexibility index (Phi) is 1.61.